The largest absolute Gasteiger partial charge is 0.391 e. The van der Waals surface area contributed by atoms with Gasteiger partial charge >= 0.3 is 0 Å². The van der Waals surface area contributed by atoms with E-state index in [1.54, 1.807) is 4.90 Å². The summed E-state index contributed by atoms with van der Waals surface area (Å²) in [5, 5.41) is 13.1. The molecular formula is C22H25FN4O2. The van der Waals surface area contributed by atoms with Crippen molar-refractivity contribution in [2.24, 2.45) is 16.5 Å². The lowest BCUT2D eigenvalue weighted by Gasteiger charge is -2.43. The van der Waals surface area contributed by atoms with E-state index in [1.165, 1.54) is 5.56 Å². The first-order valence-electron chi connectivity index (χ1n) is 10.5. The molecule has 1 aromatic rings. The number of rotatable bonds is 3. The summed E-state index contributed by atoms with van der Waals surface area (Å²) in [6, 6.07) is 9.93. The zero-order chi connectivity index (χ0) is 20.0. The highest BCUT2D eigenvalue weighted by atomic mass is 19.1. The van der Waals surface area contributed by atoms with Gasteiger partial charge in [0.15, 0.2) is 5.71 Å². The van der Waals surface area contributed by atoms with Crippen LogP contribution < -0.4 is 0 Å². The number of nitriles is 1. The van der Waals surface area contributed by atoms with Crippen molar-refractivity contribution in [2.75, 3.05) is 26.2 Å². The van der Waals surface area contributed by atoms with Crippen molar-refractivity contribution in [1.29, 1.82) is 5.26 Å². The summed E-state index contributed by atoms with van der Waals surface area (Å²) in [7, 11) is 0. The van der Waals surface area contributed by atoms with Gasteiger partial charge in [0, 0.05) is 6.54 Å². The van der Waals surface area contributed by atoms with Crippen LogP contribution in [0, 0.1) is 22.7 Å². The summed E-state index contributed by atoms with van der Waals surface area (Å²) >= 11 is 0. The SMILES string of the molecule is N#Cc1ccc(CN2CCC3(CC[C@@H]4ON=C(C(=O)N5CC(F)C5)[C@@H]43)CC2)cc1. The highest BCUT2D eigenvalue weighted by molar-refractivity contribution is 6.40. The Morgan fingerprint density at radius 2 is 1.97 bits per heavy atom. The van der Waals surface area contributed by atoms with Gasteiger partial charge in [0.25, 0.3) is 5.91 Å². The Bertz CT molecular complexity index is 864. The molecule has 5 rings (SSSR count). The number of carbonyl (C=O) groups is 1. The number of piperidine rings is 1. The minimum Gasteiger partial charge on any atom is -0.391 e. The van der Waals surface area contributed by atoms with Gasteiger partial charge < -0.3 is 9.74 Å². The summed E-state index contributed by atoms with van der Waals surface area (Å²) in [5.41, 5.74) is 2.49. The molecule has 3 aliphatic heterocycles. The Morgan fingerprint density at radius 1 is 1.24 bits per heavy atom. The van der Waals surface area contributed by atoms with Gasteiger partial charge in [-0.15, -0.1) is 0 Å². The van der Waals surface area contributed by atoms with Gasteiger partial charge in [-0.1, -0.05) is 17.3 Å². The Kier molecular flexibility index (Phi) is 4.54. The molecule has 7 heteroatoms. The standard InChI is InChI=1S/C22H25FN4O2/c23-17-13-27(14-17)21(28)20-19-18(29-25-20)5-6-22(19)7-9-26(10-8-22)12-16-3-1-15(11-24)2-4-16/h1-4,17-19H,5-10,12-14H2/t18-,19+/m0/s1. The van der Waals surface area contributed by atoms with Crippen LogP contribution in [0.1, 0.15) is 36.8 Å². The molecule has 2 atom stereocenters. The highest BCUT2D eigenvalue weighted by Gasteiger charge is 2.57. The monoisotopic (exact) mass is 396 g/mol. The van der Waals surface area contributed by atoms with Crippen molar-refractivity contribution in [1.82, 2.24) is 9.80 Å². The van der Waals surface area contributed by atoms with E-state index in [9.17, 15) is 9.18 Å². The molecule has 1 amide bonds. The van der Waals surface area contributed by atoms with Crippen LogP contribution >= 0.6 is 0 Å². The smallest absolute Gasteiger partial charge is 0.272 e. The van der Waals surface area contributed by atoms with Crippen molar-refractivity contribution < 1.29 is 14.0 Å². The van der Waals surface area contributed by atoms with Crippen LogP contribution in [0.2, 0.25) is 0 Å². The number of carbonyl (C=O) groups excluding carboxylic acids is 1. The molecule has 6 nitrogen and oxygen atoms in total. The topological polar surface area (TPSA) is 68.9 Å². The van der Waals surface area contributed by atoms with E-state index in [1.807, 2.05) is 24.3 Å². The number of halogens is 1. The Hall–Kier alpha value is -2.46. The minimum atomic E-state index is -0.902. The molecule has 3 heterocycles. The van der Waals surface area contributed by atoms with Crippen LogP contribution in [0.4, 0.5) is 4.39 Å². The molecular weight excluding hydrogens is 371 g/mol. The number of oxime groups is 1. The third-order valence-corrected chi connectivity index (χ3v) is 7.22. The molecule has 1 aromatic carbocycles. The third kappa shape index (κ3) is 3.20. The van der Waals surface area contributed by atoms with Gasteiger partial charge in [-0.3, -0.25) is 9.69 Å². The first kappa shape index (κ1) is 18.6. The second-order valence-electron chi connectivity index (χ2n) is 8.89. The van der Waals surface area contributed by atoms with E-state index in [-0.39, 0.29) is 36.4 Å². The number of amides is 1. The molecule has 1 aliphatic carbocycles. The third-order valence-electron chi connectivity index (χ3n) is 7.22. The number of hydrogen-bond acceptors (Lipinski definition) is 5. The molecule has 0 aromatic heterocycles. The quantitative estimate of drug-likeness (QED) is 0.787. The average Bonchev–Trinajstić information content (AvgIpc) is 3.30. The van der Waals surface area contributed by atoms with Gasteiger partial charge in [0.2, 0.25) is 0 Å². The average molecular weight is 396 g/mol. The molecule has 29 heavy (non-hydrogen) atoms. The number of hydrogen-bond donors (Lipinski definition) is 0. The van der Waals surface area contributed by atoms with Crippen LogP contribution in [0.25, 0.3) is 0 Å². The van der Waals surface area contributed by atoms with Gasteiger partial charge in [0.1, 0.15) is 12.3 Å². The van der Waals surface area contributed by atoms with E-state index in [0.29, 0.717) is 11.3 Å². The second-order valence-corrected chi connectivity index (χ2v) is 8.89. The van der Waals surface area contributed by atoms with Crippen LogP contribution in [0.5, 0.6) is 0 Å². The number of nitrogens with zero attached hydrogens (tertiary/aromatic N) is 4. The van der Waals surface area contributed by atoms with Gasteiger partial charge in [-0.25, -0.2) is 4.39 Å². The maximum Gasteiger partial charge on any atom is 0.272 e. The summed E-state index contributed by atoms with van der Waals surface area (Å²) in [6.45, 7) is 3.18. The number of likely N-dealkylation sites (tertiary alicyclic amines) is 2. The van der Waals surface area contributed by atoms with Crippen molar-refractivity contribution in [2.45, 2.75) is 44.5 Å². The molecule has 1 spiro atoms. The molecule has 0 radical (unpaired) electrons. The lowest BCUT2D eigenvalue weighted by molar-refractivity contribution is -0.131. The maximum atomic E-state index is 13.2. The summed E-state index contributed by atoms with van der Waals surface area (Å²) < 4.78 is 13.2. The van der Waals surface area contributed by atoms with Crippen LogP contribution in [-0.4, -0.2) is 59.9 Å². The van der Waals surface area contributed by atoms with Crippen molar-refractivity contribution >= 4 is 11.6 Å². The molecule has 0 unspecified atom stereocenters. The van der Waals surface area contributed by atoms with E-state index in [0.717, 1.165) is 45.3 Å². The molecule has 1 saturated carbocycles. The predicted octanol–water partition coefficient (Wildman–Crippen LogP) is 2.49. The fourth-order valence-corrected chi connectivity index (χ4v) is 5.49. The molecule has 4 aliphatic rings. The Labute approximate surface area is 169 Å². The zero-order valence-corrected chi connectivity index (χ0v) is 16.4. The molecule has 152 valence electrons. The first-order valence-corrected chi connectivity index (χ1v) is 10.5. The highest BCUT2D eigenvalue weighted by Crippen LogP contribution is 2.54. The Morgan fingerprint density at radius 3 is 2.62 bits per heavy atom. The van der Waals surface area contributed by atoms with Gasteiger partial charge in [-0.2, -0.15) is 5.26 Å². The van der Waals surface area contributed by atoms with Crippen LogP contribution in [0.3, 0.4) is 0 Å². The number of alkyl halides is 1. The minimum absolute atomic E-state index is 0.00137. The second kappa shape index (κ2) is 7.10. The molecule has 0 N–H and O–H groups in total. The maximum absolute atomic E-state index is 13.2. The van der Waals surface area contributed by atoms with Crippen molar-refractivity contribution in [3.05, 3.63) is 35.4 Å². The zero-order valence-electron chi connectivity index (χ0n) is 16.4. The normalized spacial score (nSPS) is 28.4. The van der Waals surface area contributed by atoms with Crippen LogP contribution in [0.15, 0.2) is 29.4 Å². The van der Waals surface area contributed by atoms with Gasteiger partial charge in [-0.05, 0) is 61.9 Å². The van der Waals surface area contributed by atoms with Crippen molar-refractivity contribution in [3.8, 4) is 6.07 Å². The first-order chi connectivity index (χ1) is 14.1. The predicted molar refractivity (Wildman–Crippen MR) is 105 cm³/mol. The number of fused-ring (bicyclic) bond motifs is 2. The van der Waals surface area contributed by atoms with Crippen molar-refractivity contribution in [3.63, 3.8) is 0 Å². The Balaban J connectivity index is 1.24. The summed E-state index contributed by atoms with van der Waals surface area (Å²) in [4.78, 5) is 22.4. The summed E-state index contributed by atoms with van der Waals surface area (Å²) in [6.07, 6.45) is 3.14. The molecule has 3 fully saturated rings. The number of benzene rings is 1. The fourth-order valence-electron chi connectivity index (χ4n) is 5.49. The van der Waals surface area contributed by atoms with Gasteiger partial charge in [0.05, 0.1) is 30.6 Å². The van der Waals surface area contributed by atoms with E-state index >= 15 is 0 Å². The molecule has 0 bridgehead atoms. The lowest BCUT2D eigenvalue weighted by atomic mass is 9.68. The fraction of sp³-hybridized carbons (Fsp3) is 0.591. The van der Waals surface area contributed by atoms with E-state index in [4.69, 9.17) is 10.1 Å². The van der Waals surface area contributed by atoms with E-state index < -0.39 is 6.17 Å². The van der Waals surface area contributed by atoms with Crippen LogP contribution in [-0.2, 0) is 16.2 Å². The molecule has 2 saturated heterocycles. The lowest BCUT2D eigenvalue weighted by Crippen LogP contribution is -2.56. The van der Waals surface area contributed by atoms with E-state index in [2.05, 4.69) is 16.1 Å². The summed E-state index contributed by atoms with van der Waals surface area (Å²) in [5.74, 6) is -0.0848.